The molecule has 0 aromatic heterocycles. The molecule has 1 aromatic rings. The summed E-state index contributed by atoms with van der Waals surface area (Å²) >= 11 is 0. The number of rotatable bonds is 5. The molecule has 0 heterocycles. The van der Waals surface area contributed by atoms with Crippen molar-refractivity contribution in [3.8, 4) is 0 Å². The average molecular weight is 264 g/mol. The smallest absolute Gasteiger partial charge is 0.318 e. The van der Waals surface area contributed by atoms with Gasteiger partial charge in [0.05, 0.1) is 6.04 Å². The minimum Gasteiger partial charge on any atom is -0.341 e. The lowest BCUT2D eigenvalue weighted by molar-refractivity contribution is -0.117. The first-order valence-corrected chi connectivity index (χ1v) is 6.22. The molecule has 5 N–H and O–H groups in total. The van der Waals surface area contributed by atoms with Crippen LogP contribution in [0.5, 0.6) is 0 Å². The zero-order valence-corrected chi connectivity index (χ0v) is 11.2. The summed E-state index contributed by atoms with van der Waals surface area (Å²) < 4.78 is 0. The van der Waals surface area contributed by atoms with Crippen LogP contribution >= 0.6 is 0 Å². The van der Waals surface area contributed by atoms with E-state index < -0.39 is 6.04 Å². The standard InChI is InChI=1S/C13H20N4O2/c1-3-4-11(14)12(18)16-9-5-7-10(8-6-9)17-13(19)15-2/h5-8,11H,3-4,14H2,1-2H3,(H,16,18)(H2,15,17,19). The Morgan fingerprint density at radius 1 is 1.16 bits per heavy atom. The van der Waals surface area contributed by atoms with Crippen molar-refractivity contribution < 1.29 is 9.59 Å². The Morgan fingerprint density at radius 2 is 1.68 bits per heavy atom. The number of nitrogens with two attached hydrogens (primary N) is 1. The normalized spacial score (nSPS) is 11.5. The maximum absolute atomic E-state index is 11.7. The zero-order valence-electron chi connectivity index (χ0n) is 11.2. The lowest BCUT2D eigenvalue weighted by Crippen LogP contribution is -2.35. The SMILES string of the molecule is CCCC(N)C(=O)Nc1ccc(NC(=O)NC)cc1. The van der Waals surface area contributed by atoms with E-state index in [2.05, 4.69) is 16.0 Å². The average Bonchev–Trinajstić information content (AvgIpc) is 2.41. The first-order chi connectivity index (χ1) is 9.06. The summed E-state index contributed by atoms with van der Waals surface area (Å²) in [6.45, 7) is 1.98. The summed E-state index contributed by atoms with van der Waals surface area (Å²) in [6, 6.07) is 6.05. The van der Waals surface area contributed by atoms with Gasteiger partial charge in [-0.1, -0.05) is 13.3 Å². The van der Waals surface area contributed by atoms with Crippen LogP contribution in [0.2, 0.25) is 0 Å². The molecule has 0 saturated carbocycles. The minimum atomic E-state index is -0.492. The second kappa shape index (κ2) is 7.38. The zero-order chi connectivity index (χ0) is 14.3. The summed E-state index contributed by atoms with van der Waals surface area (Å²) in [5.74, 6) is -0.200. The van der Waals surface area contributed by atoms with Crippen molar-refractivity contribution in [2.45, 2.75) is 25.8 Å². The summed E-state index contributed by atoms with van der Waals surface area (Å²) in [5.41, 5.74) is 7.01. The number of hydrogen-bond donors (Lipinski definition) is 4. The third-order valence-corrected chi connectivity index (χ3v) is 2.57. The molecule has 0 aliphatic carbocycles. The van der Waals surface area contributed by atoms with Crippen LogP contribution in [0.1, 0.15) is 19.8 Å². The highest BCUT2D eigenvalue weighted by molar-refractivity contribution is 5.95. The van der Waals surface area contributed by atoms with E-state index in [1.165, 1.54) is 0 Å². The molecule has 0 aliphatic rings. The molecule has 1 aromatic carbocycles. The van der Waals surface area contributed by atoms with Gasteiger partial charge in [-0.15, -0.1) is 0 Å². The van der Waals surface area contributed by atoms with Gasteiger partial charge < -0.3 is 21.7 Å². The topological polar surface area (TPSA) is 96.2 Å². The molecule has 104 valence electrons. The molecule has 0 radical (unpaired) electrons. The summed E-state index contributed by atoms with van der Waals surface area (Å²) in [5, 5.41) is 7.81. The van der Waals surface area contributed by atoms with E-state index in [1.807, 2.05) is 6.92 Å². The molecule has 1 unspecified atom stereocenters. The molecule has 0 saturated heterocycles. The molecule has 3 amide bonds. The molecule has 6 nitrogen and oxygen atoms in total. The van der Waals surface area contributed by atoms with Gasteiger partial charge in [0, 0.05) is 18.4 Å². The third-order valence-electron chi connectivity index (χ3n) is 2.57. The van der Waals surface area contributed by atoms with Gasteiger partial charge in [-0.3, -0.25) is 4.79 Å². The predicted octanol–water partition coefficient (Wildman–Crippen LogP) is 1.50. The predicted molar refractivity (Wildman–Crippen MR) is 76.0 cm³/mol. The van der Waals surface area contributed by atoms with E-state index in [0.29, 0.717) is 17.8 Å². The molecule has 0 aliphatic heterocycles. The molecule has 1 rings (SSSR count). The Kier molecular flexibility index (Phi) is 5.81. The highest BCUT2D eigenvalue weighted by atomic mass is 16.2. The molecular weight excluding hydrogens is 244 g/mol. The molecular formula is C13H20N4O2. The Bertz CT molecular complexity index is 431. The fourth-order valence-electron chi connectivity index (χ4n) is 1.51. The first-order valence-electron chi connectivity index (χ1n) is 6.22. The number of anilines is 2. The van der Waals surface area contributed by atoms with Crippen LogP contribution in [0, 0.1) is 0 Å². The summed E-state index contributed by atoms with van der Waals surface area (Å²) in [6.07, 6.45) is 1.52. The van der Waals surface area contributed by atoms with Crippen LogP contribution < -0.4 is 21.7 Å². The number of amides is 3. The highest BCUT2D eigenvalue weighted by Crippen LogP contribution is 2.13. The molecule has 19 heavy (non-hydrogen) atoms. The van der Waals surface area contributed by atoms with Crippen molar-refractivity contribution in [1.82, 2.24) is 5.32 Å². The highest BCUT2D eigenvalue weighted by Gasteiger charge is 2.12. The second-order valence-corrected chi connectivity index (χ2v) is 4.17. The van der Waals surface area contributed by atoms with Crippen molar-refractivity contribution in [3.63, 3.8) is 0 Å². The van der Waals surface area contributed by atoms with Gasteiger partial charge >= 0.3 is 6.03 Å². The number of carbonyl (C=O) groups is 2. The van der Waals surface area contributed by atoms with E-state index in [1.54, 1.807) is 31.3 Å². The molecule has 0 bridgehead atoms. The second-order valence-electron chi connectivity index (χ2n) is 4.17. The lowest BCUT2D eigenvalue weighted by Gasteiger charge is -2.11. The fraction of sp³-hybridized carbons (Fsp3) is 0.385. The van der Waals surface area contributed by atoms with E-state index in [-0.39, 0.29) is 11.9 Å². The Balaban J connectivity index is 2.57. The molecule has 6 heteroatoms. The van der Waals surface area contributed by atoms with E-state index in [4.69, 9.17) is 5.73 Å². The fourth-order valence-corrected chi connectivity index (χ4v) is 1.51. The summed E-state index contributed by atoms with van der Waals surface area (Å²) in [7, 11) is 1.54. The minimum absolute atomic E-state index is 0.200. The van der Waals surface area contributed by atoms with Gasteiger partial charge in [0.1, 0.15) is 0 Å². The Morgan fingerprint density at radius 3 is 2.16 bits per heavy atom. The monoisotopic (exact) mass is 264 g/mol. The van der Waals surface area contributed by atoms with Crippen molar-refractivity contribution in [2.24, 2.45) is 5.73 Å². The molecule has 0 fully saturated rings. The van der Waals surface area contributed by atoms with Crippen molar-refractivity contribution in [3.05, 3.63) is 24.3 Å². The van der Waals surface area contributed by atoms with Crippen LogP contribution in [0.4, 0.5) is 16.2 Å². The van der Waals surface area contributed by atoms with Gasteiger partial charge in [-0.05, 0) is 30.7 Å². The largest absolute Gasteiger partial charge is 0.341 e. The van der Waals surface area contributed by atoms with Crippen LogP contribution in [-0.2, 0) is 4.79 Å². The van der Waals surface area contributed by atoms with E-state index >= 15 is 0 Å². The quantitative estimate of drug-likeness (QED) is 0.649. The van der Waals surface area contributed by atoms with Crippen LogP contribution in [0.3, 0.4) is 0 Å². The molecule has 1 atom stereocenters. The first kappa shape index (κ1) is 15.0. The van der Waals surface area contributed by atoms with E-state index in [9.17, 15) is 9.59 Å². The number of urea groups is 1. The molecule has 0 spiro atoms. The number of hydrogen-bond acceptors (Lipinski definition) is 3. The van der Waals surface area contributed by atoms with Gasteiger partial charge in [0.2, 0.25) is 5.91 Å². The van der Waals surface area contributed by atoms with Crippen molar-refractivity contribution in [1.29, 1.82) is 0 Å². The number of carbonyl (C=O) groups excluding carboxylic acids is 2. The van der Waals surface area contributed by atoms with E-state index in [0.717, 1.165) is 6.42 Å². The Labute approximate surface area is 112 Å². The van der Waals surface area contributed by atoms with Crippen molar-refractivity contribution in [2.75, 3.05) is 17.7 Å². The maximum atomic E-state index is 11.7. The van der Waals surface area contributed by atoms with Crippen molar-refractivity contribution >= 4 is 23.3 Å². The van der Waals surface area contributed by atoms with Gasteiger partial charge in [0.15, 0.2) is 0 Å². The van der Waals surface area contributed by atoms with Gasteiger partial charge in [0.25, 0.3) is 0 Å². The summed E-state index contributed by atoms with van der Waals surface area (Å²) in [4.78, 5) is 22.8. The number of nitrogens with one attached hydrogen (secondary N) is 3. The van der Waals surface area contributed by atoms with Crippen LogP contribution in [0.15, 0.2) is 24.3 Å². The van der Waals surface area contributed by atoms with Gasteiger partial charge in [-0.2, -0.15) is 0 Å². The lowest BCUT2D eigenvalue weighted by atomic mass is 10.1. The maximum Gasteiger partial charge on any atom is 0.318 e. The Hall–Kier alpha value is -2.08. The van der Waals surface area contributed by atoms with Crippen LogP contribution in [-0.4, -0.2) is 25.0 Å². The number of benzene rings is 1. The van der Waals surface area contributed by atoms with Crippen LogP contribution in [0.25, 0.3) is 0 Å². The third kappa shape index (κ3) is 4.97. The van der Waals surface area contributed by atoms with Gasteiger partial charge in [-0.25, -0.2) is 4.79 Å².